The molecule has 0 N–H and O–H groups in total. The normalized spacial score (nSPS) is 9.44. The molecular weight excluding hydrogens is 148 g/mol. The molecule has 0 atom stereocenters. The molecule has 9 heavy (non-hydrogen) atoms. The van der Waals surface area contributed by atoms with Gasteiger partial charge in [0.05, 0.1) is 0 Å². The molecule has 1 rings (SSSR count). The van der Waals surface area contributed by atoms with Gasteiger partial charge in [-0.05, 0) is 0 Å². The van der Waals surface area contributed by atoms with Crippen molar-refractivity contribution in [2.24, 2.45) is 0 Å². The molecule has 1 aromatic rings. The molecule has 0 nitrogen and oxygen atoms in total. The van der Waals surface area contributed by atoms with Gasteiger partial charge in [0.1, 0.15) is 0 Å². The van der Waals surface area contributed by atoms with Crippen LogP contribution in [0.25, 0.3) is 0 Å². The molecule has 0 aromatic heterocycles. The van der Waals surface area contributed by atoms with Crippen LogP contribution in [-0.4, -0.2) is 0 Å². The number of hydrogen-bond acceptors (Lipinski definition) is 0. The van der Waals surface area contributed by atoms with Crippen LogP contribution in [0.5, 0.6) is 0 Å². The second-order valence-corrected chi connectivity index (χ2v) is 3.83. The van der Waals surface area contributed by atoms with Gasteiger partial charge in [-0.15, -0.1) is 0 Å². The molecule has 0 unspecified atom stereocenters. The van der Waals surface area contributed by atoms with E-state index in [-0.39, 0.29) is 0 Å². The van der Waals surface area contributed by atoms with Crippen LogP contribution in [-0.2, 0) is 15.2 Å². The van der Waals surface area contributed by atoms with Gasteiger partial charge < -0.3 is 0 Å². The van der Waals surface area contributed by atoms with Gasteiger partial charge >= 0.3 is 62.2 Å². The van der Waals surface area contributed by atoms with Crippen molar-refractivity contribution in [1.29, 1.82) is 0 Å². The van der Waals surface area contributed by atoms with Crippen molar-refractivity contribution in [2.75, 3.05) is 0 Å². The third-order valence-electron chi connectivity index (χ3n) is 1.05. The minimum absolute atomic E-state index is 0.710. The summed E-state index contributed by atoms with van der Waals surface area (Å²) in [7, 11) is 0. The number of rotatable bonds is 2. The fourth-order valence-electron chi connectivity index (χ4n) is 0.683. The Morgan fingerprint density at radius 3 is 2.44 bits per heavy atom. The van der Waals surface area contributed by atoms with E-state index < -0.39 is 0 Å². The Bertz CT molecular complexity index is 157. The molecule has 0 aliphatic rings. The zero-order chi connectivity index (χ0) is 6.53. The van der Waals surface area contributed by atoms with Gasteiger partial charge in [0.2, 0.25) is 0 Å². The van der Waals surface area contributed by atoms with Crippen molar-refractivity contribution >= 4 is 4.43 Å². The Morgan fingerprint density at radius 2 is 1.89 bits per heavy atom. The van der Waals surface area contributed by atoms with Gasteiger partial charge in [0.15, 0.2) is 0 Å². The van der Waals surface area contributed by atoms with Gasteiger partial charge in [-0.3, -0.25) is 0 Å². The summed E-state index contributed by atoms with van der Waals surface area (Å²) in [5, 5.41) is 1.30. The molecule has 0 radical (unpaired) electrons. The quantitative estimate of drug-likeness (QED) is 0.616. The van der Waals surface area contributed by atoms with E-state index >= 15 is 0 Å². The van der Waals surface area contributed by atoms with E-state index in [0.29, 0.717) is 15.2 Å². The second-order valence-electron chi connectivity index (χ2n) is 1.75. The molecule has 0 saturated heterocycles. The molecule has 0 aliphatic heterocycles. The third-order valence-corrected chi connectivity index (χ3v) is 2.45. The first-order chi connectivity index (χ1) is 4.43. The maximum atomic E-state index is 2.23. The van der Waals surface area contributed by atoms with E-state index in [1.807, 2.05) is 0 Å². The van der Waals surface area contributed by atoms with E-state index in [2.05, 4.69) is 37.3 Å². The van der Waals surface area contributed by atoms with Crippen LogP contribution in [0, 0.1) is 0 Å². The van der Waals surface area contributed by atoms with Gasteiger partial charge in [0, 0.05) is 0 Å². The Kier molecular flexibility index (Phi) is 2.84. The van der Waals surface area contributed by atoms with Crippen LogP contribution in [0.4, 0.5) is 0 Å². The third kappa shape index (κ3) is 2.22. The molecule has 1 heteroatoms. The van der Waals surface area contributed by atoms with Crippen LogP contribution < -0.4 is 4.43 Å². The number of benzene rings is 1. The summed E-state index contributed by atoms with van der Waals surface area (Å²) >= 11 is 0.710. The Morgan fingerprint density at radius 1 is 1.22 bits per heavy atom. The monoisotopic (exact) mass is 158 g/mol. The van der Waals surface area contributed by atoms with Crippen molar-refractivity contribution in [3.8, 4) is 0 Å². The summed E-state index contributed by atoms with van der Waals surface area (Å²) in [6.07, 6.45) is 0. The summed E-state index contributed by atoms with van der Waals surface area (Å²) in [5.41, 5.74) is 0. The average Bonchev–Trinajstić information content (AvgIpc) is 1.91. The summed E-state index contributed by atoms with van der Waals surface area (Å²) in [5.74, 6) is 0. The molecule has 0 saturated carbocycles. The van der Waals surface area contributed by atoms with Crippen LogP contribution in [0.2, 0.25) is 5.28 Å². The zero-order valence-electron chi connectivity index (χ0n) is 5.50. The van der Waals surface area contributed by atoms with E-state index in [9.17, 15) is 0 Å². The van der Waals surface area contributed by atoms with E-state index in [1.165, 1.54) is 9.71 Å². The number of hydrogen-bond donors (Lipinski definition) is 0. The topological polar surface area (TPSA) is 0 Å². The Hall–Kier alpha value is -0.248. The van der Waals surface area contributed by atoms with Crippen LogP contribution in [0.1, 0.15) is 6.92 Å². The van der Waals surface area contributed by atoms with Crippen LogP contribution in [0.3, 0.4) is 0 Å². The first-order valence-electron chi connectivity index (χ1n) is 3.11. The fourth-order valence-corrected chi connectivity index (χ4v) is 1.75. The first-order valence-corrected chi connectivity index (χ1v) is 4.65. The van der Waals surface area contributed by atoms with Gasteiger partial charge in [-0.1, -0.05) is 0 Å². The molecular formula is C8H10Cr. The molecule has 0 bridgehead atoms. The summed E-state index contributed by atoms with van der Waals surface area (Å²) in [6.45, 7) is 2.23. The molecule has 0 spiro atoms. The molecule has 0 fully saturated rings. The van der Waals surface area contributed by atoms with E-state index in [4.69, 9.17) is 0 Å². The molecule has 48 valence electrons. The fraction of sp³-hybridized carbons (Fsp3) is 0.250. The molecule has 0 heterocycles. The van der Waals surface area contributed by atoms with Crippen molar-refractivity contribution in [1.82, 2.24) is 0 Å². The standard InChI is InChI=1S/C6H5.C2H5.Cr/c1-2-4-6-5-3-1;1-2;/h1-5H;1H2,2H3;. The maximum absolute atomic E-state index is 2.23. The van der Waals surface area contributed by atoms with Crippen molar-refractivity contribution in [2.45, 2.75) is 12.2 Å². The summed E-state index contributed by atoms with van der Waals surface area (Å²) in [6, 6.07) is 10.7. The van der Waals surface area contributed by atoms with Crippen molar-refractivity contribution in [3.63, 3.8) is 0 Å². The Balaban J connectivity index is 2.61. The van der Waals surface area contributed by atoms with Crippen molar-refractivity contribution < 1.29 is 15.2 Å². The van der Waals surface area contributed by atoms with Gasteiger partial charge in [0.25, 0.3) is 0 Å². The molecule has 1 aromatic carbocycles. The van der Waals surface area contributed by atoms with E-state index in [0.717, 1.165) is 0 Å². The molecule has 0 amide bonds. The predicted octanol–water partition coefficient (Wildman–Crippen LogP) is 1.83. The minimum atomic E-state index is 0.710. The van der Waals surface area contributed by atoms with Gasteiger partial charge in [-0.2, -0.15) is 0 Å². The Labute approximate surface area is 62.6 Å². The van der Waals surface area contributed by atoms with Crippen LogP contribution >= 0.6 is 0 Å². The summed E-state index contributed by atoms with van der Waals surface area (Å²) in [4.78, 5) is 0. The van der Waals surface area contributed by atoms with Crippen molar-refractivity contribution in [3.05, 3.63) is 30.3 Å². The molecule has 0 aliphatic carbocycles. The first kappa shape index (κ1) is 6.87. The predicted molar refractivity (Wildman–Crippen MR) is 36.6 cm³/mol. The summed E-state index contributed by atoms with van der Waals surface area (Å²) < 4.78 is 1.51. The van der Waals surface area contributed by atoms with Crippen LogP contribution in [0.15, 0.2) is 30.3 Å². The van der Waals surface area contributed by atoms with E-state index in [1.54, 1.807) is 0 Å². The zero-order valence-corrected chi connectivity index (χ0v) is 6.78. The second kappa shape index (κ2) is 3.72. The average molecular weight is 158 g/mol. The van der Waals surface area contributed by atoms with Gasteiger partial charge in [-0.25, -0.2) is 0 Å². The SMILES string of the molecule is C[CH2][Cr][c]1ccccc1.